The summed E-state index contributed by atoms with van der Waals surface area (Å²) < 4.78 is 0. The van der Waals surface area contributed by atoms with E-state index >= 15 is 0 Å². The summed E-state index contributed by atoms with van der Waals surface area (Å²) in [5, 5.41) is 0. The van der Waals surface area contributed by atoms with Crippen LogP contribution in [-0.2, 0) is 0 Å². The summed E-state index contributed by atoms with van der Waals surface area (Å²) in [6.45, 7) is 4.23. The number of aryl methyl sites for hydroxylation is 1. The average Bonchev–Trinajstić information content (AvgIpc) is 2.38. The number of hydrogen-bond acceptors (Lipinski definition) is 2. The van der Waals surface area contributed by atoms with E-state index in [0.717, 1.165) is 12.0 Å². The van der Waals surface area contributed by atoms with Gasteiger partial charge >= 0.3 is 0 Å². The molecule has 1 aromatic carbocycles. The fourth-order valence-corrected chi connectivity index (χ4v) is 3.09. The van der Waals surface area contributed by atoms with Crippen LogP contribution in [0, 0.1) is 12.8 Å². The van der Waals surface area contributed by atoms with Crippen molar-refractivity contribution < 1.29 is 4.79 Å². The second-order valence-electron chi connectivity index (χ2n) is 5.84. The highest BCUT2D eigenvalue weighted by Gasteiger charge is 2.28. The van der Waals surface area contributed by atoms with E-state index in [2.05, 4.69) is 6.92 Å². The van der Waals surface area contributed by atoms with Crippen molar-refractivity contribution in [2.75, 3.05) is 12.8 Å². The molecule has 1 amide bonds. The van der Waals surface area contributed by atoms with Crippen LogP contribution < -0.4 is 5.73 Å². The molecular formula is C16H24N2O. The lowest BCUT2D eigenvalue weighted by Crippen LogP contribution is -2.42. The third-order valence-corrected chi connectivity index (χ3v) is 4.32. The van der Waals surface area contributed by atoms with Gasteiger partial charge in [-0.25, -0.2) is 0 Å². The zero-order valence-electron chi connectivity index (χ0n) is 12.1. The molecule has 0 radical (unpaired) electrons. The molecule has 2 N–H and O–H groups in total. The molecule has 0 bridgehead atoms. The number of nitrogen functional groups attached to an aromatic ring is 1. The molecule has 1 aromatic rings. The molecule has 1 aliphatic rings. The Balaban J connectivity index is 2.18. The van der Waals surface area contributed by atoms with Gasteiger partial charge in [0.1, 0.15) is 0 Å². The minimum Gasteiger partial charge on any atom is -0.398 e. The monoisotopic (exact) mass is 260 g/mol. The van der Waals surface area contributed by atoms with Gasteiger partial charge in [-0.3, -0.25) is 4.79 Å². The Bertz CT molecular complexity index is 470. The number of amides is 1. The number of carbonyl (C=O) groups excluding carboxylic acids is 1. The fourth-order valence-electron chi connectivity index (χ4n) is 3.09. The fraction of sp³-hybridized carbons (Fsp3) is 0.562. The molecular weight excluding hydrogens is 236 g/mol. The van der Waals surface area contributed by atoms with Gasteiger partial charge in [0, 0.05) is 18.8 Å². The van der Waals surface area contributed by atoms with Gasteiger partial charge < -0.3 is 10.6 Å². The van der Waals surface area contributed by atoms with Crippen molar-refractivity contribution >= 4 is 11.6 Å². The number of anilines is 1. The van der Waals surface area contributed by atoms with Crippen LogP contribution in [0.5, 0.6) is 0 Å². The van der Waals surface area contributed by atoms with Crippen LogP contribution in [0.15, 0.2) is 18.2 Å². The minimum atomic E-state index is 0.0521. The first kappa shape index (κ1) is 13.9. The maximum atomic E-state index is 12.6. The Morgan fingerprint density at radius 1 is 1.32 bits per heavy atom. The Kier molecular flexibility index (Phi) is 4.13. The molecule has 0 saturated heterocycles. The molecule has 1 fully saturated rings. The molecule has 0 aromatic heterocycles. The average molecular weight is 260 g/mol. The van der Waals surface area contributed by atoms with E-state index in [-0.39, 0.29) is 5.91 Å². The molecule has 19 heavy (non-hydrogen) atoms. The van der Waals surface area contributed by atoms with Crippen LogP contribution in [0.1, 0.15) is 48.5 Å². The van der Waals surface area contributed by atoms with Crippen molar-refractivity contribution in [1.29, 1.82) is 0 Å². The summed E-state index contributed by atoms with van der Waals surface area (Å²) in [6, 6.07) is 6.01. The highest BCUT2D eigenvalue weighted by molar-refractivity contribution is 5.99. The second kappa shape index (κ2) is 5.64. The number of rotatable bonds is 2. The predicted octanol–water partition coefficient (Wildman–Crippen LogP) is 3.23. The van der Waals surface area contributed by atoms with Gasteiger partial charge in [-0.1, -0.05) is 25.8 Å². The number of hydrogen-bond donors (Lipinski definition) is 1. The molecule has 3 heteroatoms. The second-order valence-corrected chi connectivity index (χ2v) is 5.84. The van der Waals surface area contributed by atoms with E-state index in [0.29, 0.717) is 23.2 Å². The van der Waals surface area contributed by atoms with E-state index < -0.39 is 0 Å². The lowest BCUT2D eigenvalue weighted by Gasteiger charge is -2.36. The van der Waals surface area contributed by atoms with Crippen molar-refractivity contribution in [2.45, 2.75) is 45.6 Å². The summed E-state index contributed by atoms with van der Waals surface area (Å²) in [5.41, 5.74) is 8.28. The third kappa shape index (κ3) is 2.91. The molecule has 2 atom stereocenters. The minimum absolute atomic E-state index is 0.0521. The van der Waals surface area contributed by atoms with E-state index in [1.807, 2.05) is 37.1 Å². The lowest BCUT2D eigenvalue weighted by atomic mass is 9.85. The molecule has 2 unspecified atom stereocenters. The van der Waals surface area contributed by atoms with Crippen LogP contribution in [0.25, 0.3) is 0 Å². The molecule has 0 heterocycles. The largest absolute Gasteiger partial charge is 0.398 e. The molecule has 0 aliphatic heterocycles. The summed E-state index contributed by atoms with van der Waals surface area (Å²) >= 11 is 0. The van der Waals surface area contributed by atoms with Crippen LogP contribution in [-0.4, -0.2) is 23.9 Å². The maximum Gasteiger partial charge on any atom is 0.255 e. The number of carbonyl (C=O) groups is 1. The van der Waals surface area contributed by atoms with Crippen LogP contribution in [0.3, 0.4) is 0 Å². The van der Waals surface area contributed by atoms with E-state index in [4.69, 9.17) is 5.73 Å². The molecule has 1 saturated carbocycles. The van der Waals surface area contributed by atoms with Gasteiger partial charge in [0.25, 0.3) is 5.91 Å². The summed E-state index contributed by atoms with van der Waals surface area (Å²) in [5.74, 6) is 0.630. The first-order chi connectivity index (χ1) is 9.00. The SMILES string of the molecule is Cc1ccc(C(=O)N(C)C2CCCCC2C)c(N)c1. The highest BCUT2D eigenvalue weighted by Crippen LogP contribution is 2.29. The van der Waals surface area contributed by atoms with Crippen molar-refractivity contribution in [2.24, 2.45) is 5.92 Å². The lowest BCUT2D eigenvalue weighted by molar-refractivity contribution is 0.0630. The van der Waals surface area contributed by atoms with Gasteiger partial charge in [0.05, 0.1) is 5.56 Å². The Labute approximate surface area is 115 Å². The van der Waals surface area contributed by atoms with Gasteiger partial charge in [-0.05, 0) is 43.4 Å². The van der Waals surface area contributed by atoms with E-state index in [9.17, 15) is 4.79 Å². The normalized spacial score (nSPS) is 23.1. The van der Waals surface area contributed by atoms with Gasteiger partial charge in [0.2, 0.25) is 0 Å². The molecule has 0 spiro atoms. The van der Waals surface area contributed by atoms with Crippen molar-refractivity contribution in [3.63, 3.8) is 0 Å². The number of nitrogens with two attached hydrogens (primary N) is 1. The topological polar surface area (TPSA) is 46.3 Å². The first-order valence-corrected chi connectivity index (χ1v) is 7.14. The predicted molar refractivity (Wildman–Crippen MR) is 79.1 cm³/mol. The molecule has 104 valence electrons. The Hall–Kier alpha value is -1.51. The standard InChI is InChI=1S/C16H24N2O/c1-11-8-9-13(14(17)10-11)16(19)18(3)15-7-5-4-6-12(15)2/h8-10,12,15H,4-7,17H2,1-3H3. The van der Waals surface area contributed by atoms with Crippen molar-refractivity contribution in [3.05, 3.63) is 29.3 Å². The van der Waals surface area contributed by atoms with Gasteiger partial charge in [-0.15, -0.1) is 0 Å². The molecule has 1 aliphatic carbocycles. The highest BCUT2D eigenvalue weighted by atomic mass is 16.2. The van der Waals surface area contributed by atoms with Gasteiger partial charge in [0.15, 0.2) is 0 Å². The molecule has 2 rings (SSSR count). The summed E-state index contributed by atoms with van der Waals surface area (Å²) in [7, 11) is 1.91. The van der Waals surface area contributed by atoms with Crippen LogP contribution in [0.2, 0.25) is 0 Å². The molecule has 3 nitrogen and oxygen atoms in total. The summed E-state index contributed by atoms with van der Waals surface area (Å²) in [6.07, 6.45) is 4.82. The van der Waals surface area contributed by atoms with Crippen LogP contribution in [0.4, 0.5) is 5.69 Å². The maximum absolute atomic E-state index is 12.6. The van der Waals surface area contributed by atoms with Crippen LogP contribution >= 0.6 is 0 Å². The quantitative estimate of drug-likeness (QED) is 0.830. The van der Waals surface area contributed by atoms with Crippen molar-refractivity contribution in [3.8, 4) is 0 Å². The first-order valence-electron chi connectivity index (χ1n) is 7.14. The van der Waals surface area contributed by atoms with E-state index in [1.165, 1.54) is 19.3 Å². The van der Waals surface area contributed by atoms with Crippen molar-refractivity contribution in [1.82, 2.24) is 4.90 Å². The third-order valence-electron chi connectivity index (χ3n) is 4.32. The Morgan fingerprint density at radius 3 is 2.63 bits per heavy atom. The van der Waals surface area contributed by atoms with E-state index in [1.54, 1.807) is 0 Å². The summed E-state index contributed by atoms with van der Waals surface area (Å²) in [4.78, 5) is 14.5. The zero-order valence-corrected chi connectivity index (χ0v) is 12.1. The zero-order chi connectivity index (χ0) is 14.0. The Morgan fingerprint density at radius 2 is 2.00 bits per heavy atom. The number of nitrogens with zero attached hydrogens (tertiary/aromatic N) is 1. The number of benzene rings is 1. The smallest absolute Gasteiger partial charge is 0.255 e. The van der Waals surface area contributed by atoms with Gasteiger partial charge in [-0.2, -0.15) is 0 Å².